The number of fused-ring (bicyclic) bond motifs is 1. The molecule has 3 nitrogen and oxygen atoms in total. The molecular formula is C20H18N2O. The first-order valence-corrected chi connectivity index (χ1v) is 7.93. The molecule has 2 aromatic carbocycles. The maximum atomic E-state index is 12.5. The molecule has 1 aliphatic rings. The lowest BCUT2D eigenvalue weighted by atomic mass is 9.98. The van der Waals surface area contributed by atoms with Crippen molar-refractivity contribution in [1.29, 1.82) is 0 Å². The number of aromatic amines is 1. The zero-order valence-corrected chi connectivity index (χ0v) is 12.8. The topological polar surface area (TPSA) is 36.1 Å². The van der Waals surface area contributed by atoms with Crippen LogP contribution in [0.4, 0.5) is 0 Å². The van der Waals surface area contributed by atoms with Crippen LogP contribution in [0.1, 0.15) is 22.3 Å². The van der Waals surface area contributed by atoms with Gasteiger partial charge >= 0.3 is 0 Å². The third-order valence-corrected chi connectivity index (χ3v) is 4.45. The Morgan fingerprint density at radius 1 is 1.00 bits per heavy atom. The average molecular weight is 302 g/mol. The van der Waals surface area contributed by atoms with E-state index in [0.717, 1.165) is 24.0 Å². The monoisotopic (exact) mass is 302 g/mol. The van der Waals surface area contributed by atoms with Crippen LogP contribution in [0.3, 0.4) is 0 Å². The molecule has 0 saturated heterocycles. The van der Waals surface area contributed by atoms with Gasteiger partial charge in [-0.3, -0.25) is 4.79 Å². The minimum atomic E-state index is 0.111. The molecule has 0 saturated carbocycles. The molecule has 2 heterocycles. The number of hydrogen-bond donors (Lipinski definition) is 1. The minimum absolute atomic E-state index is 0.111. The van der Waals surface area contributed by atoms with Crippen molar-refractivity contribution in [3.63, 3.8) is 0 Å². The lowest BCUT2D eigenvalue weighted by molar-refractivity contribution is 0.0773. The van der Waals surface area contributed by atoms with Crippen LogP contribution in [-0.2, 0) is 0 Å². The van der Waals surface area contributed by atoms with E-state index in [2.05, 4.69) is 35.5 Å². The Kier molecular flexibility index (Phi) is 3.46. The van der Waals surface area contributed by atoms with Gasteiger partial charge in [0.05, 0.1) is 0 Å². The van der Waals surface area contributed by atoms with Crippen LogP contribution in [0.5, 0.6) is 0 Å². The number of H-pyrrole nitrogens is 1. The number of rotatable bonds is 2. The maximum Gasteiger partial charge on any atom is 0.254 e. The fourth-order valence-electron chi connectivity index (χ4n) is 3.20. The van der Waals surface area contributed by atoms with Gasteiger partial charge in [-0.15, -0.1) is 0 Å². The Hall–Kier alpha value is -2.81. The number of aromatic nitrogens is 1. The smallest absolute Gasteiger partial charge is 0.254 e. The lowest BCUT2D eigenvalue weighted by Crippen LogP contribution is -2.34. The molecular weight excluding hydrogens is 284 g/mol. The molecule has 1 amide bonds. The van der Waals surface area contributed by atoms with Crippen LogP contribution >= 0.6 is 0 Å². The highest BCUT2D eigenvalue weighted by Crippen LogP contribution is 2.29. The van der Waals surface area contributed by atoms with E-state index in [0.29, 0.717) is 6.54 Å². The second-order valence-corrected chi connectivity index (χ2v) is 5.84. The Bertz CT molecular complexity index is 877. The van der Waals surface area contributed by atoms with E-state index in [4.69, 9.17) is 0 Å². The summed E-state index contributed by atoms with van der Waals surface area (Å²) in [5.74, 6) is 0.111. The molecule has 1 aliphatic heterocycles. The zero-order chi connectivity index (χ0) is 15.6. The van der Waals surface area contributed by atoms with Crippen LogP contribution in [-0.4, -0.2) is 28.9 Å². The van der Waals surface area contributed by atoms with Crippen molar-refractivity contribution in [2.75, 3.05) is 13.1 Å². The highest BCUT2D eigenvalue weighted by atomic mass is 16.2. The quantitative estimate of drug-likeness (QED) is 0.760. The van der Waals surface area contributed by atoms with Gasteiger partial charge in [-0.25, -0.2) is 0 Å². The largest absolute Gasteiger partial charge is 0.361 e. The van der Waals surface area contributed by atoms with Gasteiger partial charge in [0.15, 0.2) is 0 Å². The Labute approximate surface area is 135 Å². The lowest BCUT2D eigenvalue weighted by Gasteiger charge is -2.26. The molecule has 0 spiro atoms. The summed E-state index contributed by atoms with van der Waals surface area (Å²) in [7, 11) is 0. The molecule has 0 bridgehead atoms. The molecule has 23 heavy (non-hydrogen) atoms. The van der Waals surface area contributed by atoms with Gasteiger partial charge < -0.3 is 9.88 Å². The second kappa shape index (κ2) is 5.76. The van der Waals surface area contributed by atoms with Crippen molar-refractivity contribution in [2.45, 2.75) is 6.42 Å². The van der Waals surface area contributed by atoms with E-state index in [-0.39, 0.29) is 5.91 Å². The summed E-state index contributed by atoms with van der Waals surface area (Å²) in [6.07, 6.45) is 5.14. The fraction of sp³-hybridized carbons (Fsp3) is 0.150. The van der Waals surface area contributed by atoms with Gasteiger partial charge in [-0.1, -0.05) is 42.5 Å². The van der Waals surface area contributed by atoms with Gasteiger partial charge in [0, 0.05) is 41.3 Å². The number of amides is 1. The summed E-state index contributed by atoms with van der Waals surface area (Å²) in [5, 5.41) is 1.25. The van der Waals surface area contributed by atoms with Crippen molar-refractivity contribution in [3.8, 4) is 0 Å². The molecule has 0 fully saturated rings. The van der Waals surface area contributed by atoms with E-state index >= 15 is 0 Å². The Morgan fingerprint density at radius 3 is 2.57 bits per heavy atom. The average Bonchev–Trinajstić information content (AvgIpc) is 3.06. The van der Waals surface area contributed by atoms with Crippen molar-refractivity contribution in [2.24, 2.45) is 0 Å². The van der Waals surface area contributed by atoms with Gasteiger partial charge in [-0.2, -0.15) is 0 Å². The summed E-state index contributed by atoms with van der Waals surface area (Å²) in [4.78, 5) is 17.7. The molecule has 3 aromatic rings. The molecule has 114 valence electrons. The summed E-state index contributed by atoms with van der Waals surface area (Å²) < 4.78 is 0. The highest BCUT2D eigenvalue weighted by molar-refractivity contribution is 5.96. The third kappa shape index (κ3) is 2.55. The zero-order valence-electron chi connectivity index (χ0n) is 12.8. The van der Waals surface area contributed by atoms with E-state index in [1.165, 1.54) is 16.5 Å². The first-order chi connectivity index (χ1) is 11.3. The molecule has 0 aliphatic carbocycles. The van der Waals surface area contributed by atoms with Crippen LogP contribution in [0.2, 0.25) is 0 Å². The summed E-state index contributed by atoms with van der Waals surface area (Å²) in [5.41, 5.74) is 4.50. The number of nitrogens with one attached hydrogen (secondary N) is 1. The predicted octanol–water partition coefficient (Wildman–Crippen LogP) is 4.10. The van der Waals surface area contributed by atoms with Gasteiger partial charge in [0.1, 0.15) is 0 Å². The summed E-state index contributed by atoms with van der Waals surface area (Å²) >= 11 is 0. The summed E-state index contributed by atoms with van der Waals surface area (Å²) in [6.45, 7) is 1.43. The molecule has 1 aromatic heterocycles. The second-order valence-electron chi connectivity index (χ2n) is 5.84. The minimum Gasteiger partial charge on any atom is -0.361 e. The maximum absolute atomic E-state index is 12.5. The number of hydrogen-bond acceptors (Lipinski definition) is 1. The first kappa shape index (κ1) is 13.8. The number of carbonyl (C=O) groups excluding carboxylic acids is 1. The van der Waals surface area contributed by atoms with E-state index in [9.17, 15) is 4.79 Å². The standard InChI is InChI=1S/C20H18N2O/c23-20(16-6-2-1-3-7-16)22-12-10-15(11-13-22)18-14-21-19-9-5-4-8-17(18)19/h1-10,14,21H,11-13H2. The van der Waals surface area contributed by atoms with Crippen molar-refractivity contribution in [1.82, 2.24) is 9.88 Å². The van der Waals surface area contributed by atoms with E-state index in [1.807, 2.05) is 41.3 Å². The Morgan fingerprint density at radius 2 is 1.78 bits per heavy atom. The van der Waals surface area contributed by atoms with Gasteiger partial charge in [0.25, 0.3) is 5.91 Å². The summed E-state index contributed by atoms with van der Waals surface area (Å²) in [6, 6.07) is 17.8. The SMILES string of the molecule is O=C(c1ccccc1)N1CC=C(c2c[nH]c3ccccc23)CC1. The number of benzene rings is 2. The van der Waals surface area contributed by atoms with Crippen LogP contribution in [0.15, 0.2) is 66.9 Å². The normalized spacial score (nSPS) is 14.8. The highest BCUT2D eigenvalue weighted by Gasteiger charge is 2.20. The van der Waals surface area contributed by atoms with Crippen LogP contribution < -0.4 is 0 Å². The molecule has 0 unspecified atom stereocenters. The van der Waals surface area contributed by atoms with Gasteiger partial charge in [-0.05, 0) is 30.2 Å². The first-order valence-electron chi connectivity index (χ1n) is 7.93. The van der Waals surface area contributed by atoms with E-state index in [1.54, 1.807) is 0 Å². The molecule has 4 rings (SSSR count). The number of nitrogens with zero attached hydrogens (tertiary/aromatic N) is 1. The number of carbonyl (C=O) groups is 1. The van der Waals surface area contributed by atoms with Crippen LogP contribution in [0, 0.1) is 0 Å². The molecule has 3 heteroatoms. The molecule has 1 N–H and O–H groups in total. The fourth-order valence-corrected chi connectivity index (χ4v) is 3.20. The third-order valence-electron chi connectivity index (χ3n) is 4.45. The number of para-hydroxylation sites is 1. The predicted molar refractivity (Wildman–Crippen MR) is 93.2 cm³/mol. The Balaban J connectivity index is 1.56. The van der Waals surface area contributed by atoms with Crippen molar-refractivity contribution in [3.05, 3.63) is 78.0 Å². The molecule has 0 radical (unpaired) electrons. The van der Waals surface area contributed by atoms with Crippen LogP contribution in [0.25, 0.3) is 16.5 Å². The van der Waals surface area contributed by atoms with E-state index < -0.39 is 0 Å². The van der Waals surface area contributed by atoms with Crippen molar-refractivity contribution >= 4 is 22.4 Å². The molecule has 0 atom stereocenters. The van der Waals surface area contributed by atoms with Crippen molar-refractivity contribution < 1.29 is 4.79 Å². The van der Waals surface area contributed by atoms with Gasteiger partial charge in [0.2, 0.25) is 0 Å².